The second-order valence-electron chi connectivity index (χ2n) is 1.92. The molecule has 0 aliphatic carbocycles. The van der Waals surface area contributed by atoms with Gasteiger partial charge in [-0.3, -0.25) is 0 Å². The standard InChI is InChI=1S/C6H13OS/c1-4-6(3,8)7-5-2/h4-5H2,1-3H3. The maximum absolute atomic E-state index is 5.19. The van der Waals surface area contributed by atoms with E-state index in [9.17, 15) is 0 Å². The fourth-order valence-corrected chi connectivity index (χ4v) is 0.525. The minimum absolute atomic E-state index is 0.325. The Bertz CT molecular complexity index is 61.5. The minimum atomic E-state index is -0.325. The van der Waals surface area contributed by atoms with Gasteiger partial charge in [-0.2, -0.15) is 0 Å². The van der Waals surface area contributed by atoms with Crippen molar-refractivity contribution < 1.29 is 4.74 Å². The van der Waals surface area contributed by atoms with Gasteiger partial charge in [-0.15, -0.1) is 0 Å². The summed E-state index contributed by atoms with van der Waals surface area (Å²) in [6, 6.07) is 0. The van der Waals surface area contributed by atoms with Gasteiger partial charge in [-0.25, -0.2) is 0 Å². The lowest BCUT2D eigenvalue weighted by Crippen LogP contribution is -2.19. The summed E-state index contributed by atoms with van der Waals surface area (Å²) in [7, 11) is 0. The molecule has 0 aliphatic rings. The van der Waals surface area contributed by atoms with Crippen LogP contribution >= 0.6 is 12.6 Å². The molecule has 1 atom stereocenters. The van der Waals surface area contributed by atoms with Gasteiger partial charge in [0.1, 0.15) is 4.93 Å². The van der Waals surface area contributed by atoms with Gasteiger partial charge in [0, 0.05) is 6.61 Å². The number of hydrogen-bond acceptors (Lipinski definition) is 1. The van der Waals surface area contributed by atoms with Crippen molar-refractivity contribution in [3.63, 3.8) is 0 Å². The van der Waals surface area contributed by atoms with Gasteiger partial charge in [-0.1, -0.05) is 19.6 Å². The largest absolute Gasteiger partial charge is 0.364 e. The highest BCUT2D eigenvalue weighted by Crippen LogP contribution is 2.18. The second-order valence-corrected chi connectivity index (χ2v) is 2.78. The van der Waals surface area contributed by atoms with Crippen molar-refractivity contribution in [2.45, 2.75) is 32.1 Å². The van der Waals surface area contributed by atoms with E-state index >= 15 is 0 Å². The van der Waals surface area contributed by atoms with Crippen LogP contribution in [0.25, 0.3) is 0 Å². The molecule has 0 fully saturated rings. The molecule has 1 nitrogen and oxygen atoms in total. The SMILES string of the molecule is CCOC(C)([S])CC. The van der Waals surface area contributed by atoms with Crippen LogP contribution in [0.2, 0.25) is 0 Å². The van der Waals surface area contributed by atoms with Gasteiger partial charge in [0.15, 0.2) is 0 Å². The third-order valence-electron chi connectivity index (χ3n) is 1.09. The molecular formula is C6H13OS. The molecular weight excluding hydrogens is 120 g/mol. The smallest absolute Gasteiger partial charge is 0.120 e. The zero-order valence-corrected chi connectivity index (χ0v) is 6.55. The van der Waals surface area contributed by atoms with Crippen molar-refractivity contribution in [2.75, 3.05) is 6.61 Å². The molecule has 49 valence electrons. The quantitative estimate of drug-likeness (QED) is 0.574. The van der Waals surface area contributed by atoms with Crippen LogP contribution in [0.15, 0.2) is 0 Å². The van der Waals surface area contributed by atoms with Crippen LogP contribution in [0.5, 0.6) is 0 Å². The molecule has 0 aromatic heterocycles. The highest BCUT2D eigenvalue weighted by atomic mass is 32.1. The van der Waals surface area contributed by atoms with Gasteiger partial charge in [0.25, 0.3) is 0 Å². The van der Waals surface area contributed by atoms with Crippen molar-refractivity contribution in [1.29, 1.82) is 0 Å². The Morgan fingerprint density at radius 2 is 2.00 bits per heavy atom. The van der Waals surface area contributed by atoms with E-state index in [-0.39, 0.29) is 4.93 Å². The fraction of sp³-hybridized carbons (Fsp3) is 1.00. The average Bonchev–Trinajstić information content (AvgIpc) is 1.67. The Hall–Kier alpha value is 0.310. The Morgan fingerprint density at radius 1 is 1.50 bits per heavy atom. The molecule has 0 saturated carbocycles. The van der Waals surface area contributed by atoms with Crippen LogP contribution in [0.4, 0.5) is 0 Å². The molecule has 0 aliphatic heterocycles. The molecule has 8 heavy (non-hydrogen) atoms. The van der Waals surface area contributed by atoms with Crippen LogP contribution < -0.4 is 0 Å². The summed E-state index contributed by atoms with van der Waals surface area (Å²) in [6.45, 7) is 6.63. The molecule has 1 radical (unpaired) electrons. The summed E-state index contributed by atoms with van der Waals surface area (Å²) in [4.78, 5) is -0.325. The highest BCUT2D eigenvalue weighted by molar-refractivity contribution is 7.81. The lowest BCUT2D eigenvalue weighted by molar-refractivity contribution is 0.0475. The zero-order valence-electron chi connectivity index (χ0n) is 5.73. The Balaban J connectivity index is 3.37. The van der Waals surface area contributed by atoms with Crippen LogP contribution in [-0.4, -0.2) is 11.5 Å². The molecule has 0 amide bonds. The van der Waals surface area contributed by atoms with Gasteiger partial charge in [0.2, 0.25) is 0 Å². The normalized spacial score (nSPS) is 18.0. The predicted molar refractivity (Wildman–Crippen MR) is 37.9 cm³/mol. The minimum Gasteiger partial charge on any atom is -0.364 e. The Labute approximate surface area is 56.8 Å². The highest BCUT2D eigenvalue weighted by Gasteiger charge is 2.15. The average molecular weight is 133 g/mol. The lowest BCUT2D eigenvalue weighted by Gasteiger charge is -2.19. The first-order valence-corrected chi connectivity index (χ1v) is 3.37. The van der Waals surface area contributed by atoms with Gasteiger partial charge in [-0.05, 0) is 20.3 Å². The number of hydrogen-bond donors (Lipinski definition) is 0. The van der Waals surface area contributed by atoms with Crippen molar-refractivity contribution in [1.82, 2.24) is 0 Å². The Morgan fingerprint density at radius 3 is 2.12 bits per heavy atom. The summed E-state index contributed by atoms with van der Waals surface area (Å²) in [5.74, 6) is 0. The first-order chi connectivity index (χ1) is 3.62. The van der Waals surface area contributed by atoms with E-state index < -0.39 is 0 Å². The molecule has 0 heterocycles. The summed E-state index contributed by atoms with van der Waals surface area (Å²) < 4.78 is 5.19. The predicted octanol–water partition coefficient (Wildman–Crippen LogP) is 2.35. The summed E-state index contributed by atoms with van der Waals surface area (Å²) in [6.07, 6.45) is 0.899. The topological polar surface area (TPSA) is 9.23 Å². The van der Waals surface area contributed by atoms with Crippen LogP contribution in [-0.2, 0) is 4.74 Å². The lowest BCUT2D eigenvalue weighted by atomic mass is 10.3. The van der Waals surface area contributed by atoms with Gasteiger partial charge >= 0.3 is 0 Å². The number of rotatable bonds is 3. The van der Waals surface area contributed by atoms with E-state index in [1.165, 1.54) is 0 Å². The van der Waals surface area contributed by atoms with Gasteiger partial charge < -0.3 is 4.74 Å². The molecule has 0 aromatic carbocycles. The Kier molecular flexibility index (Phi) is 3.49. The van der Waals surface area contributed by atoms with E-state index in [0.29, 0.717) is 6.61 Å². The monoisotopic (exact) mass is 133 g/mol. The van der Waals surface area contributed by atoms with Crippen molar-refractivity contribution in [3.05, 3.63) is 0 Å². The van der Waals surface area contributed by atoms with Crippen LogP contribution in [0.1, 0.15) is 27.2 Å². The molecule has 2 heteroatoms. The molecule has 0 spiro atoms. The second kappa shape index (κ2) is 3.36. The first kappa shape index (κ1) is 8.31. The third-order valence-corrected chi connectivity index (χ3v) is 1.50. The van der Waals surface area contributed by atoms with E-state index in [2.05, 4.69) is 0 Å². The zero-order chi connectivity index (χ0) is 6.62. The van der Waals surface area contributed by atoms with Crippen molar-refractivity contribution in [2.24, 2.45) is 0 Å². The summed E-state index contributed by atoms with van der Waals surface area (Å²) in [5.41, 5.74) is 0. The molecule has 0 rings (SSSR count). The van der Waals surface area contributed by atoms with Crippen molar-refractivity contribution >= 4 is 12.6 Å². The van der Waals surface area contributed by atoms with Crippen LogP contribution in [0, 0.1) is 0 Å². The summed E-state index contributed by atoms with van der Waals surface area (Å²) in [5, 5.41) is 0. The van der Waals surface area contributed by atoms with E-state index in [0.717, 1.165) is 6.42 Å². The first-order valence-electron chi connectivity index (χ1n) is 2.96. The van der Waals surface area contributed by atoms with Gasteiger partial charge in [0.05, 0.1) is 0 Å². The molecule has 1 unspecified atom stereocenters. The maximum atomic E-state index is 5.19. The molecule has 0 aromatic rings. The molecule has 0 bridgehead atoms. The van der Waals surface area contributed by atoms with E-state index in [4.69, 9.17) is 17.4 Å². The third kappa shape index (κ3) is 3.33. The number of ether oxygens (including phenoxy) is 1. The molecule has 0 N–H and O–H groups in total. The van der Waals surface area contributed by atoms with E-state index in [1.54, 1.807) is 0 Å². The van der Waals surface area contributed by atoms with E-state index in [1.807, 2.05) is 20.8 Å². The van der Waals surface area contributed by atoms with Crippen molar-refractivity contribution in [3.8, 4) is 0 Å². The molecule has 0 saturated heterocycles. The maximum Gasteiger partial charge on any atom is 0.120 e. The van der Waals surface area contributed by atoms with Crippen LogP contribution in [0.3, 0.4) is 0 Å². The fourth-order valence-electron chi connectivity index (χ4n) is 0.407. The summed E-state index contributed by atoms with van der Waals surface area (Å²) >= 11 is 5.02.